The second kappa shape index (κ2) is 8.10. The van der Waals surface area contributed by atoms with Gasteiger partial charge in [-0.3, -0.25) is 9.20 Å². The SMILES string of the molecule is COCCOc1ccc(C(=O)C=Cc2cnc3ccc(C#N)cn23)cc1. The quantitative estimate of drug-likeness (QED) is 0.373. The summed E-state index contributed by atoms with van der Waals surface area (Å²) in [5, 5.41) is 9.01. The van der Waals surface area contributed by atoms with Gasteiger partial charge in [-0.2, -0.15) is 5.26 Å². The van der Waals surface area contributed by atoms with E-state index in [1.54, 1.807) is 66.4 Å². The van der Waals surface area contributed by atoms with Crippen molar-refractivity contribution in [1.82, 2.24) is 9.38 Å². The average molecular weight is 347 g/mol. The monoisotopic (exact) mass is 347 g/mol. The van der Waals surface area contributed by atoms with Crippen molar-refractivity contribution in [3.8, 4) is 11.8 Å². The summed E-state index contributed by atoms with van der Waals surface area (Å²) in [6, 6.07) is 12.5. The maximum atomic E-state index is 12.3. The highest BCUT2D eigenvalue weighted by atomic mass is 16.5. The number of hydrogen-bond donors (Lipinski definition) is 0. The predicted molar refractivity (Wildman–Crippen MR) is 97.1 cm³/mol. The summed E-state index contributed by atoms with van der Waals surface area (Å²) in [6.07, 6.45) is 6.53. The number of carbonyl (C=O) groups excluding carboxylic acids is 1. The molecule has 0 bridgehead atoms. The second-order valence-electron chi connectivity index (χ2n) is 5.50. The lowest BCUT2D eigenvalue weighted by atomic mass is 10.1. The minimum atomic E-state index is -0.125. The summed E-state index contributed by atoms with van der Waals surface area (Å²) >= 11 is 0. The van der Waals surface area contributed by atoms with Crippen LogP contribution < -0.4 is 4.74 Å². The molecule has 0 unspecified atom stereocenters. The molecule has 2 aromatic heterocycles. The zero-order valence-corrected chi connectivity index (χ0v) is 14.3. The van der Waals surface area contributed by atoms with Gasteiger partial charge in [-0.1, -0.05) is 0 Å². The molecule has 6 heteroatoms. The number of hydrogen-bond acceptors (Lipinski definition) is 5. The van der Waals surface area contributed by atoms with Gasteiger partial charge >= 0.3 is 0 Å². The highest BCUT2D eigenvalue weighted by Crippen LogP contribution is 2.14. The van der Waals surface area contributed by atoms with E-state index in [9.17, 15) is 4.79 Å². The van der Waals surface area contributed by atoms with E-state index in [1.165, 1.54) is 6.08 Å². The third-order valence-electron chi connectivity index (χ3n) is 3.76. The zero-order valence-electron chi connectivity index (χ0n) is 14.3. The number of fused-ring (bicyclic) bond motifs is 1. The van der Waals surface area contributed by atoms with Crippen molar-refractivity contribution >= 4 is 17.5 Å². The van der Waals surface area contributed by atoms with Crippen molar-refractivity contribution in [1.29, 1.82) is 5.26 Å². The highest BCUT2D eigenvalue weighted by molar-refractivity contribution is 6.06. The van der Waals surface area contributed by atoms with E-state index < -0.39 is 0 Å². The Balaban J connectivity index is 1.72. The van der Waals surface area contributed by atoms with E-state index in [4.69, 9.17) is 14.7 Å². The predicted octanol–water partition coefficient (Wildman–Crippen LogP) is 3.13. The Kier molecular flexibility index (Phi) is 5.42. The molecule has 0 N–H and O–H groups in total. The Hall–Kier alpha value is -3.43. The lowest BCUT2D eigenvalue weighted by Gasteiger charge is -2.05. The lowest BCUT2D eigenvalue weighted by molar-refractivity contribution is 0.104. The van der Waals surface area contributed by atoms with E-state index in [-0.39, 0.29) is 5.78 Å². The van der Waals surface area contributed by atoms with Crippen LogP contribution in [0.1, 0.15) is 21.6 Å². The average Bonchev–Trinajstić information content (AvgIpc) is 3.09. The molecule has 1 aromatic carbocycles. The Morgan fingerprint density at radius 1 is 1.23 bits per heavy atom. The Morgan fingerprint density at radius 3 is 2.77 bits per heavy atom. The van der Waals surface area contributed by atoms with E-state index >= 15 is 0 Å². The van der Waals surface area contributed by atoms with Crippen LogP contribution in [-0.2, 0) is 4.74 Å². The van der Waals surface area contributed by atoms with Crippen molar-refractivity contribution in [2.24, 2.45) is 0 Å². The van der Waals surface area contributed by atoms with Crippen LogP contribution in [0.4, 0.5) is 0 Å². The molecule has 0 radical (unpaired) electrons. The molecular formula is C20H17N3O3. The van der Waals surface area contributed by atoms with Gasteiger partial charge in [-0.25, -0.2) is 4.98 Å². The number of imidazole rings is 1. The summed E-state index contributed by atoms with van der Waals surface area (Å²) < 4.78 is 12.2. The normalized spacial score (nSPS) is 10.9. The maximum Gasteiger partial charge on any atom is 0.185 e. The van der Waals surface area contributed by atoms with Crippen molar-refractivity contribution < 1.29 is 14.3 Å². The first kappa shape index (κ1) is 17.4. The molecule has 0 saturated heterocycles. The standard InChI is InChI=1S/C20H17N3O3/c1-25-10-11-26-18-6-3-16(4-7-18)19(24)8-5-17-13-22-20-9-2-15(12-21)14-23(17)20/h2-9,13-14H,10-11H2,1H3. The number of carbonyl (C=O) groups is 1. The van der Waals surface area contributed by atoms with Crippen molar-refractivity contribution in [2.45, 2.75) is 0 Å². The molecule has 0 aliphatic carbocycles. The molecule has 0 spiro atoms. The first-order valence-corrected chi connectivity index (χ1v) is 8.02. The fourth-order valence-electron chi connectivity index (χ4n) is 2.40. The zero-order chi connectivity index (χ0) is 18.4. The number of aromatic nitrogens is 2. The number of rotatable bonds is 7. The fourth-order valence-corrected chi connectivity index (χ4v) is 2.40. The van der Waals surface area contributed by atoms with Crippen LogP contribution in [0.3, 0.4) is 0 Å². The van der Waals surface area contributed by atoms with Crippen LogP contribution in [0.2, 0.25) is 0 Å². The number of allylic oxidation sites excluding steroid dienone is 1. The van der Waals surface area contributed by atoms with Crippen LogP contribution in [0, 0.1) is 11.3 Å². The van der Waals surface area contributed by atoms with Crippen LogP contribution in [0.5, 0.6) is 5.75 Å². The molecule has 2 heterocycles. The number of methoxy groups -OCH3 is 1. The van der Waals surface area contributed by atoms with Crippen LogP contribution >= 0.6 is 0 Å². The summed E-state index contributed by atoms with van der Waals surface area (Å²) in [5.74, 6) is 0.563. The number of ketones is 1. The van der Waals surface area contributed by atoms with Crippen molar-refractivity contribution in [2.75, 3.05) is 20.3 Å². The molecule has 0 atom stereocenters. The molecule has 3 rings (SSSR count). The maximum absolute atomic E-state index is 12.3. The number of nitriles is 1. The summed E-state index contributed by atoms with van der Waals surface area (Å²) in [6.45, 7) is 0.971. The van der Waals surface area contributed by atoms with Gasteiger partial charge in [-0.15, -0.1) is 0 Å². The highest BCUT2D eigenvalue weighted by Gasteiger charge is 2.05. The minimum absolute atomic E-state index is 0.125. The Morgan fingerprint density at radius 2 is 2.04 bits per heavy atom. The molecule has 130 valence electrons. The first-order valence-electron chi connectivity index (χ1n) is 8.02. The molecule has 0 aliphatic rings. The van der Waals surface area contributed by atoms with Gasteiger partial charge in [0.15, 0.2) is 5.78 Å². The number of ether oxygens (including phenoxy) is 2. The summed E-state index contributed by atoms with van der Waals surface area (Å²) in [7, 11) is 1.61. The Labute approximate surface area is 150 Å². The fraction of sp³-hybridized carbons (Fsp3) is 0.150. The number of nitrogens with zero attached hydrogens (tertiary/aromatic N) is 3. The van der Waals surface area contributed by atoms with Gasteiger partial charge < -0.3 is 9.47 Å². The van der Waals surface area contributed by atoms with Crippen LogP contribution in [-0.4, -0.2) is 35.5 Å². The van der Waals surface area contributed by atoms with Gasteiger partial charge in [0.1, 0.15) is 24.1 Å². The number of benzene rings is 1. The molecular weight excluding hydrogens is 330 g/mol. The molecule has 0 aliphatic heterocycles. The third kappa shape index (κ3) is 3.97. The van der Waals surface area contributed by atoms with E-state index in [2.05, 4.69) is 11.1 Å². The van der Waals surface area contributed by atoms with Gasteiger partial charge in [-0.05, 0) is 48.6 Å². The molecule has 6 nitrogen and oxygen atoms in total. The minimum Gasteiger partial charge on any atom is -0.491 e. The molecule has 0 saturated carbocycles. The lowest BCUT2D eigenvalue weighted by Crippen LogP contribution is -2.04. The molecule has 26 heavy (non-hydrogen) atoms. The Bertz CT molecular complexity index is 982. The summed E-state index contributed by atoms with van der Waals surface area (Å²) in [5.41, 5.74) is 2.53. The van der Waals surface area contributed by atoms with Gasteiger partial charge in [0.25, 0.3) is 0 Å². The molecule has 0 fully saturated rings. The van der Waals surface area contributed by atoms with E-state index in [1.807, 2.05) is 0 Å². The third-order valence-corrected chi connectivity index (χ3v) is 3.76. The topological polar surface area (TPSA) is 76.6 Å². The first-order chi connectivity index (χ1) is 12.7. The smallest absolute Gasteiger partial charge is 0.185 e. The second-order valence-corrected chi connectivity index (χ2v) is 5.50. The molecule has 0 amide bonds. The number of pyridine rings is 1. The van der Waals surface area contributed by atoms with Gasteiger partial charge in [0, 0.05) is 18.9 Å². The van der Waals surface area contributed by atoms with E-state index in [0.29, 0.717) is 35.7 Å². The van der Waals surface area contributed by atoms with Crippen LogP contribution in [0.25, 0.3) is 11.7 Å². The molecule has 3 aromatic rings. The summed E-state index contributed by atoms with van der Waals surface area (Å²) in [4.78, 5) is 16.6. The van der Waals surface area contributed by atoms with Crippen LogP contribution in [0.15, 0.2) is 54.9 Å². The largest absolute Gasteiger partial charge is 0.491 e. The van der Waals surface area contributed by atoms with Crippen molar-refractivity contribution in [3.05, 3.63) is 71.7 Å². The van der Waals surface area contributed by atoms with Gasteiger partial charge in [0.2, 0.25) is 0 Å². The van der Waals surface area contributed by atoms with Crippen molar-refractivity contribution in [3.63, 3.8) is 0 Å². The van der Waals surface area contributed by atoms with Gasteiger partial charge in [0.05, 0.1) is 24.1 Å². The van der Waals surface area contributed by atoms with E-state index in [0.717, 1.165) is 5.69 Å².